The summed E-state index contributed by atoms with van der Waals surface area (Å²) in [5, 5.41) is 16.6. The van der Waals surface area contributed by atoms with Crippen LogP contribution in [0.4, 0.5) is 0 Å². The maximum absolute atomic E-state index is 12.9. The fourth-order valence-electron chi connectivity index (χ4n) is 3.79. The van der Waals surface area contributed by atoms with E-state index in [0.29, 0.717) is 12.3 Å². The lowest BCUT2D eigenvalue weighted by molar-refractivity contribution is -0.139. The van der Waals surface area contributed by atoms with Crippen molar-refractivity contribution in [2.24, 2.45) is 0 Å². The van der Waals surface area contributed by atoms with Gasteiger partial charge in [0.2, 0.25) is 11.8 Å². The summed E-state index contributed by atoms with van der Waals surface area (Å²) in [6.07, 6.45) is 0.956. The number of carbonyl (C=O) groups excluding carboxylic acids is 2. The summed E-state index contributed by atoms with van der Waals surface area (Å²) < 4.78 is 5.08. The average Bonchev–Trinajstić information content (AvgIpc) is 3.52. The molecule has 0 saturated carbocycles. The zero-order valence-electron chi connectivity index (χ0n) is 17.3. The number of aromatic nitrogens is 2. The molecule has 31 heavy (non-hydrogen) atoms. The van der Waals surface area contributed by atoms with Crippen molar-refractivity contribution >= 4 is 23.2 Å². The molecule has 2 N–H and O–H groups in total. The maximum atomic E-state index is 12.9. The summed E-state index contributed by atoms with van der Waals surface area (Å²) in [4.78, 5) is 32.6. The molecule has 1 aliphatic rings. The Morgan fingerprint density at radius 1 is 1.32 bits per heavy atom. The van der Waals surface area contributed by atoms with Gasteiger partial charge >= 0.3 is 0 Å². The first-order chi connectivity index (χ1) is 14.9. The Labute approximate surface area is 183 Å². The Hall–Kier alpha value is -3.04. The number of hydrogen-bond donors (Lipinski definition) is 2. The van der Waals surface area contributed by atoms with Crippen LogP contribution in [0.15, 0.2) is 46.6 Å². The zero-order valence-corrected chi connectivity index (χ0v) is 18.1. The molecule has 0 radical (unpaired) electrons. The third kappa shape index (κ3) is 4.52. The van der Waals surface area contributed by atoms with Gasteiger partial charge in [-0.05, 0) is 25.0 Å². The molecule has 1 saturated heterocycles. The Morgan fingerprint density at radius 3 is 2.74 bits per heavy atom. The van der Waals surface area contributed by atoms with Crippen LogP contribution in [-0.2, 0) is 16.1 Å². The van der Waals surface area contributed by atoms with E-state index in [1.807, 2.05) is 36.7 Å². The minimum absolute atomic E-state index is 0.123. The molecule has 1 aromatic carbocycles. The van der Waals surface area contributed by atoms with Crippen molar-refractivity contribution in [2.45, 2.75) is 44.9 Å². The molecule has 8 nitrogen and oxygen atoms in total. The normalized spacial score (nSPS) is 19.4. The quantitative estimate of drug-likeness (QED) is 0.610. The lowest BCUT2D eigenvalue weighted by Crippen LogP contribution is -2.47. The maximum Gasteiger partial charge on any atom is 0.243 e. The monoisotopic (exact) mass is 440 g/mol. The van der Waals surface area contributed by atoms with Gasteiger partial charge in [0.25, 0.3) is 0 Å². The molecule has 0 bridgehead atoms. The highest BCUT2D eigenvalue weighted by Gasteiger charge is 2.41. The van der Waals surface area contributed by atoms with E-state index >= 15 is 0 Å². The molecule has 0 unspecified atom stereocenters. The first-order valence-corrected chi connectivity index (χ1v) is 11.0. The van der Waals surface area contributed by atoms with Crippen LogP contribution in [-0.4, -0.2) is 50.7 Å². The molecule has 0 aliphatic carbocycles. The van der Waals surface area contributed by atoms with E-state index in [1.165, 1.54) is 11.1 Å². The zero-order chi connectivity index (χ0) is 22.0. The summed E-state index contributed by atoms with van der Waals surface area (Å²) in [6.45, 7) is 4.15. The molecule has 1 fully saturated rings. The van der Waals surface area contributed by atoms with E-state index in [-0.39, 0.29) is 24.8 Å². The summed E-state index contributed by atoms with van der Waals surface area (Å²) in [7, 11) is 0. The van der Waals surface area contributed by atoms with E-state index < -0.39 is 18.1 Å². The molecular weight excluding hydrogens is 416 g/mol. The molecule has 9 heteroatoms. The van der Waals surface area contributed by atoms with Gasteiger partial charge in [-0.2, -0.15) is 0 Å². The second kappa shape index (κ2) is 8.99. The Kier molecular flexibility index (Phi) is 6.15. The highest BCUT2D eigenvalue weighted by Crippen LogP contribution is 2.28. The van der Waals surface area contributed by atoms with Crippen LogP contribution in [0.3, 0.4) is 0 Å². The third-order valence-corrected chi connectivity index (χ3v) is 6.53. The van der Waals surface area contributed by atoms with E-state index in [0.717, 1.165) is 21.7 Å². The molecular formula is C22H24N4O4S. The topological polar surface area (TPSA) is 109 Å². The molecule has 2 aromatic heterocycles. The number of rotatable bonds is 6. The largest absolute Gasteiger partial charge is 0.391 e. The number of β-amino-alcohol motifs (C(OH)–C–C–N with tert-alkyl or cyclic N) is 1. The fraction of sp³-hybridized carbons (Fsp3) is 0.364. The standard InChI is InChI=1S/C22H24N4O4S/c1-13(19-7-8-25-30-19)22(29)26-11-17(27)9-18(26)21(28)23-10-15-3-5-16(6-4-15)20-14(2)24-12-31-20/h3-8,12-13,17-18,27H,9-11H2,1-2H3,(H,23,28)/t13-,17+,18-/m0/s1. The Morgan fingerprint density at radius 2 is 2.10 bits per heavy atom. The van der Waals surface area contributed by atoms with Gasteiger partial charge in [0, 0.05) is 25.6 Å². The minimum Gasteiger partial charge on any atom is -0.391 e. The van der Waals surface area contributed by atoms with Crippen LogP contribution < -0.4 is 5.32 Å². The number of aryl methyl sites for hydroxylation is 1. The van der Waals surface area contributed by atoms with E-state index in [2.05, 4.69) is 15.5 Å². The number of hydrogen-bond acceptors (Lipinski definition) is 7. The van der Waals surface area contributed by atoms with Gasteiger partial charge in [-0.15, -0.1) is 11.3 Å². The summed E-state index contributed by atoms with van der Waals surface area (Å²) in [5.41, 5.74) is 4.86. The number of aliphatic hydroxyl groups is 1. The summed E-state index contributed by atoms with van der Waals surface area (Å²) in [6, 6.07) is 8.86. The van der Waals surface area contributed by atoms with Gasteiger partial charge < -0.3 is 19.8 Å². The lowest BCUT2D eigenvalue weighted by atomic mass is 10.1. The van der Waals surface area contributed by atoms with Crippen LogP contribution >= 0.6 is 11.3 Å². The molecule has 162 valence electrons. The van der Waals surface area contributed by atoms with Gasteiger partial charge in [-0.25, -0.2) is 4.98 Å². The number of carbonyl (C=O) groups is 2. The number of aliphatic hydroxyl groups excluding tert-OH is 1. The van der Waals surface area contributed by atoms with Crippen molar-refractivity contribution < 1.29 is 19.2 Å². The number of thiazole rings is 1. The lowest BCUT2D eigenvalue weighted by Gasteiger charge is -2.25. The Balaban J connectivity index is 1.39. The fourth-order valence-corrected chi connectivity index (χ4v) is 4.60. The van der Waals surface area contributed by atoms with Gasteiger partial charge in [-0.3, -0.25) is 9.59 Å². The predicted molar refractivity (Wildman–Crippen MR) is 115 cm³/mol. The number of nitrogens with one attached hydrogen (secondary N) is 1. The second-order valence-electron chi connectivity index (χ2n) is 7.71. The van der Waals surface area contributed by atoms with Crippen molar-refractivity contribution in [2.75, 3.05) is 6.54 Å². The number of benzene rings is 1. The highest BCUT2D eigenvalue weighted by molar-refractivity contribution is 7.13. The SMILES string of the molecule is Cc1ncsc1-c1ccc(CNC(=O)[C@@H]2C[C@@H](O)CN2C(=O)[C@@H](C)c2ccno2)cc1. The Bertz CT molecular complexity index is 1050. The molecule has 3 atom stereocenters. The molecule has 0 spiro atoms. The van der Waals surface area contributed by atoms with Gasteiger partial charge in [0.1, 0.15) is 11.8 Å². The number of amides is 2. The smallest absolute Gasteiger partial charge is 0.243 e. The van der Waals surface area contributed by atoms with Crippen molar-refractivity contribution in [3.63, 3.8) is 0 Å². The summed E-state index contributed by atoms with van der Waals surface area (Å²) >= 11 is 1.60. The van der Waals surface area contributed by atoms with Crippen LogP contribution in [0.5, 0.6) is 0 Å². The van der Waals surface area contributed by atoms with Gasteiger partial charge in [0.05, 0.1) is 34.3 Å². The van der Waals surface area contributed by atoms with Crippen molar-refractivity contribution in [1.82, 2.24) is 20.4 Å². The minimum atomic E-state index is -0.733. The molecule has 4 rings (SSSR count). The number of nitrogens with zero attached hydrogens (tertiary/aromatic N) is 3. The van der Waals surface area contributed by atoms with Crippen molar-refractivity contribution in [1.29, 1.82) is 0 Å². The predicted octanol–water partition coefficient (Wildman–Crippen LogP) is 2.49. The van der Waals surface area contributed by atoms with E-state index in [4.69, 9.17) is 4.52 Å². The van der Waals surface area contributed by atoms with Crippen molar-refractivity contribution in [3.05, 3.63) is 59.1 Å². The summed E-state index contributed by atoms with van der Waals surface area (Å²) in [5.74, 6) is -0.692. The van der Waals surface area contributed by atoms with E-state index in [9.17, 15) is 14.7 Å². The second-order valence-corrected chi connectivity index (χ2v) is 8.57. The molecule has 1 aliphatic heterocycles. The van der Waals surface area contributed by atoms with Crippen LogP contribution in [0.2, 0.25) is 0 Å². The van der Waals surface area contributed by atoms with E-state index in [1.54, 1.807) is 24.3 Å². The van der Waals surface area contributed by atoms with Crippen LogP contribution in [0.1, 0.15) is 36.3 Å². The third-order valence-electron chi connectivity index (χ3n) is 5.55. The average molecular weight is 441 g/mol. The number of likely N-dealkylation sites (tertiary alicyclic amines) is 1. The van der Waals surface area contributed by atoms with Crippen molar-refractivity contribution in [3.8, 4) is 10.4 Å². The van der Waals surface area contributed by atoms with Crippen LogP contribution in [0.25, 0.3) is 10.4 Å². The van der Waals surface area contributed by atoms with Crippen LogP contribution in [0, 0.1) is 6.92 Å². The van der Waals surface area contributed by atoms with Gasteiger partial charge in [0.15, 0.2) is 0 Å². The first-order valence-electron chi connectivity index (χ1n) is 10.1. The first kappa shape index (κ1) is 21.2. The molecule has 2 amide bonds. The highest BCUT2D eigenvalue weighted by atomic mass is 32.1. The van der Waals surface area contributed by atoms with Gasteiger partial charge in [-0.1, -0.05) is 29.4 Å². The molecule has 3 heterocycles. The molecule has 3 aromatic rings.